The van der Waals surface area contributed by atoms with E-state index < -0.39 is 15.4 Å². The fourth-order valence-corrected chi connectivity index (χ4v) is 5.64. The third kappa shape index (κ3) is 3.94. The van der Waals surface area contributed by atoms with Crippen LogP contribution in [0, 0.1) is 13.8 Å². The molecular formula is C18H22ClN3O3S. The number of carbonyl (C=O) groups excluding carboxylic acids is 1. The molecule has 0 radical (unpaired) electrons. The Morgan fingerprint density at radius 3 is 2.54 bits per heavy atom. The van der Waals surface area contributed by atoms with Crippen LogP contribution in [0.25, 0.3) is 0 Å². The molecule has 1 N–H and O–H groups in total. The third-order valence-corrected chi connectivity index (χ3v) is 6.95. The average molecular weight is 396 g/mol. The molecule has 26 heavy (non-hydrogen) atoms. The topological polar surface area (TPSA) is 81.1 Å². The van der Waals surface area contributed by atoms with Gasteiger partial charge in [-0.2, -0.15) is 5.10 Å². The molecule has 3 rings (SSSR count). The molecule has 0 bridgehead atoms. The van der Waals surface area contributed by atoms with Crippen LogP contribution >= 0.6 is 11.6 Å². The molecule has 1 fully saturated rings. The van der Waals surface area contributed by atoms with E-state index in [1.54, 1.807) is 18.5 Å². The van der Waals surface area contributed by atoms with Crippen LogP contribution in [0.3, 0.4) is 0 Å². The Balaban J connectivity index is 1.81. The predicted molar refractivity (Wildman–Crippen MR) is 101 cm³/mol. The highest BCUT2D eigenvalue weighted by Crippen LogP contribution is 2.26. The van der Waals surface area contributed by atoms with Gasteiger partial charge in [0.25, 0.3) is 5.91 Å². The Morgan fingerprint density at radius 2 is 1.96 bits per heavy atom. The second-order valence-electron chi connectivity index (χ2n) is 7.25. The van der Waals surface area contributed by atoms with E-state index in [1.807, 2.05) is 31.2 Å². The van der Waals surface area contributed by atoms with Crippen LogP contribution in [0.15, 0.2) is 24.3 Å². The van der Waals surface area contributed by atoms with Crippen molar-refractivity contribution in [3.05, 3.63) is 51.8 Å². The summed E-state index contributed by atoms with van der Waals surface area (Å²) in [7, 11) is -3.11. The SMILES string of the molecule is Cc1ccc(Cn2nc(C)c(C(=O)NC3(C)CCS(=O)(=O)C3)c2Cl)cc1. The number of nitrogens with one attached hydrogen (secondary N) is 1. The van der Waals surface area contributed by atoms with E-state index in [0.29, 0.717) is 24.2 Å². The molecule has 1 aliphatic rings. The molecule has 2 heterocycles. The first-order valence-electron chi connectivity index (χ1n) is 8.40. The van der Waals surface area contributed by atoms with Gasteiger partial charge >= 0.3 is 0 Å². The van der Waals surface area contributed by atoms with Crippen LogP contribution in [0.5, 0.6) is 0 Å². The first kappa shape index (κ1) is 18.9. The summed E-state index contributed by atoms with van der Waals surface area (Å²) in [4.78, 5) is 12.7. The highest BCUT2D eigenvalue weighted by molar-refractivity contribution is 7.91. The summed E-state index contributed by atoms with van der Waals surface area (Å²) in [5.74, 6) is -0.356. The van der Waals surface area contributed by atoms with Gasteiger partial charge in [-0.1, -0.05) is 41.4 Å². The standard InChI is InChI=1S/C18H22ClN3O3S/c1-12-4-6-14(7-5-12)10-22-16(19)15(13(2)21-22)17(23)20-18(3)8-9-26(24,25)11-18/h4-7H,8-11H2,1-3H3,(H,20,23). The Bertz CT molecular complexity index is 951. The number of hydrogen-bond acceptors (Lipinski definition) is 4. The van der Waals surface area contributed by atoms with Crippen LogP contribution < -0.4 is 5.32 Å². The summed E-state index contributed by atoms with van der Waals surface area (Å²) in [6.45, 7) is 5.94. The lowest BCUT2D eigenvalue weighted by atomic mass is 10.0. The molecule has 0 saturated carbocycles. The van der Waals surface area contributed by atoms with Crippen molar-refractivity contribution < 1.29 is 13.2 Å². The van der Waals surface area contributed by atoms with E-state index in [1.165, 1.54) is 0 Å². The van der Waals surface area contributed by atoms with E-state index in [0.717, 1.165) is 11.1 Å². The lowest BCUT2D eigenvalue weighted by Crippen LogP contribution is -2.47. The largest absolute Gasteiger partial charge is 0.346 e. The van der Waals surface area contributed by atoms with Crippen molar-refractivity contribution in [2.24, 2.45) is 0 Å². The smallest absolute Gasteiger partial charge is 0.256 e. The highest BCUT2D eigenvalue weighted by atomic mass is 35.5. The zero-order chi connectivity index (χ0) is 19.1. The Kier molecular flexibility index (Phi) is 4.88. The molecule has 1 aliphatic heterocycles. The minimum atomic E-state index is -3.11. The number of benzene rings is 1. The van der Waals surface area contributed by atoms with Crippen molar-refractivity contribution in [2.75, 3.05) is 11.5 Å². The van der Waals surface area contributed by atoms with Crippen molar-refractivity contribution in [3.8, 4) is 0 Å². The number of sulfone groups is 1. The summed E-state index contributed by atoms with van der Waals surface area (Å²) in [6, 6.07) is 8.00. The molecule has 0 aliphatic carbocycles. The maximum atomic E-state index is 12.7. The van der Waals surface area contributed by atoms with Crippen LogP contribution in [0.4, 0.5) is 0 Å². The second-order valence-corrected chi connectivity index (χ2v) is 9.79. The minimum absolute atomic E-state index is 0.0556. The van der Waals surface area contributed by atoms with Gasteiger partial charge in [-0.25, -0.2) is 13.1 Å². The lowest BCUT2D eigenvalue weighted by molar-refractivity contribution is 0.0915. The van der Waals surface area contributed by atoms with Gasteiger partial charge in [0.1, 0.15) is 5.15 Å². The van der Waals surface area contributed by atoms with E-state index in [4.69, 9.17) is 11.6 Å². The van der Waals surface area contributed by atoms with Crippen molar-refractivity contribution in [1.82, 2.24) is 15.1 Å². The molecule has 1 atom stereocenters. The third-order valence-electron chi connectivity index (χ3n) is 4.66. The zero-order valence-electron chi connectivity index (χ0n) is 15.0. The molecule has 140 valence electrons. The van der Waals surface area contributed by atoms with E-state index in [2.05, 4.69) is 10.4 Å². The second kappa shape index (κ2) is 6.70. The number of aromatic nitrogens is 2. The van der Waals surface area contributed by atoms with Gasteiger partial charge in [0.2, 0.25) is 0 Å². The van der Waals surface area contributed by atoms with E-state index in [-0.39, 0.29) is 22.6 Å². The van der Waals surface area contributed by atoms with Crippen molar-refractivity contribution in [3.63, 3.8) is 0 Å². The summed E-state index contributed by atoms with van der Waals surface area (Å²) >= 11 is 6.41. The number of nitrogens with zero attached hydrogens (tertiary/aromatic N) is 2. The minimum Gasteiger partial charge on any atom is -0.346 e. The maximum absolute atomic E-state index is 12.7. The molecule has 8 heteroatoms. The maximum Gasteiger partial charge on any atom is 0.256 e. The van der Waals surface area contributed by atoms with Crippen molar-refractivity contribution in [2.45, 2.75) is 39.3 Å². The first-order valence-corrected chi connectivity index (χ1v) is 10.6. The average Bonchev–Trinajstić information content (AvgIpc) is 2.97. The number of halogens is 1. The fraction of sp³-hybridized carbons (Fsp3) is 0.444. The summed E-state index contributed by atoms with van der Waals surface area (Å²) in [5, 5.41) is 7.47. The lowest BCUT2D eigenvalue weighted by Gasteiger charge is -2.23. The Labute approximate surface area is 158 Å². The molecular weight excluding hydrogens is 374 g/mol. The van der Waals surface area contributed by atoms with E-state index >= 15 is 0 Å². The van der Waals surface area contributed by atoms with Gasteiger partial charge in [-0.3, -0.25) is 4.79 Å². The van der Waals surface area contributed by atoms with Crippen LogP contribution in [0.1, 0.15) is 40.5 Å². The Hall–Kier alpha value is -1.86. The van der Waals surface area contributed by atoms with Gasteiger partial charge in [0, 0.05) is 0 Å². The Morgan fingerprint density at radius 1 is 1.31 bits per heavy atom. The van der Waals surface area contributed by atoms with Gasteiger partial charge in [-0.15, -0.1) is 0 Å². The normalized spacial score (nSPS) is 21.7. The predicted octanol–water partition coefficient (Wildman–Crippen LogP) is 2.51. The molecule has 0 spiro atoms. The van der Waals surface area contributed by atoms with Gasteiger partial charge in [0.05, 0.1) is 34.8 Å². The van der Waals surface area contributed by atoms with Gasteiger partial charge in [-0.05, 0) is 32.8 Å². The number of amides is 1. The molecule has 1 aromatic heterocycles. The first-order chi connectivity index (χ1) is 12.1. The number of rotatable bonds is 4. The van der Waals surface area contributed by atoms with E-state index in [9.17, 15) is 13.2 Å². The molecule has 1 unspecified atom stereocenters. The summed E-state index contributed by atoms with van der Waals surface area (Å²) in [6.07, 6.45) is 0.398. The van der Waals surface area contributed by atoms with Gasteiger partial charge < -0.3 is 5.32 Å². The summed E-state index contributed by atoms with van der Waals surface area (Å²) < 4.78 is 25.1. The van der Waals surface area contributed by atoms with Crippen molar-refractivity contribution >= 4 is 27.3 Å². The molecule has 6 nitrogen and oxygen atoms in total. The molecule has 1 amide bonds. The van der Waals surface area contributed by atoms with Crippen molar-refractivity contribution in [1.29, 1.82) is 0 Å². The number of carbonyl (C=O) groups is 1. The number of aryl methyl sites for hydroxylation is 2. The van der Waals surface area contributed by atoms with Crippen LogP contribution in [-0.2, 0) is 16.4 Å². The number of hydrogen-bond donors (Lipinski definition) is 1. The highest BCUT2D eigenvalue weighted by Gasteiger charge is 2.40. The van der Waals surface area contributed by atoms with Crippen LogP contribution in [0.2, 0.25) is 5.15 Å². The zero-order valence-corrected chi connectivity index (χ0v) is 16.6. The fourth-order valence-electron chi connectivity index (χ4n) is 3.23. The van der Waals surface area contributed by atoms with Gasteiger partial charge in [0.15, 0.2) is 9.84 Å². The quantitative estimate of drug-likeness (QED) is 0.862. The molecule has 2 aromatic rings. The monoisotopic (exact) mass is 395 g/mol. The molecule has 1 aromatic carbocycles. The summed E-state index contributed by atoms with van der Waals surface area (Å²) in [5.41, 5.74) is 2.23. The van der Waals surface area contributed by atoms with Crippen LogP contribution in [-0.4, -0.2) is 41.2 Å². The molecule has 1 saturated heterocycles.